The Morgan fingerprint density at radius 2 is 1.40 bits per heavy atom. The van der Waals surface area contributed by atoms with Crippen LogP contribution in [0.1, 0.15) is 64.0 Å². The third-order valence-corrected chi connectivity index (χ3v) is 11.4. The van der Waals surface area contributed by atoms with E-state index >= 15 is 0 Å². The van der Waals surface area contributed by atoms with Gasteiger partial charge in [-0.15, -0.1) is 0 Å². The first-order valence-electron chi connectivity index (χ1n) is 22.7. The van der Waals surface area contributed by atoms with Crippen molar-refractivity contribution < 1.29 is 43.5 Å². The number of rotatable bonds is 15. The fourth-order valence-corrected chi connectivity index (χ4v) is 7.80. The van der Waals surface area contributed by atoms with Crippen molar-refractivity contribution in [3.8, 4) is 0 Å². The fraction of sp³-hybridized carbons (Fsp3) is 0.522. The summed E-state index contributed by atoms with van der Waals surface area (Å²) in [4.78, 5) is 114. The highest BCUT2D eigenvalue weighted by Gasteiger charge is 2.38. The Morgan fingerprint density at radius 3 is 2.06 bits per heavy atom. The number of aldehydes is 1. The van der Waals surface area contributed by atoms with Gasteiger partial charge >= 0.3 is 0 Å². The summed E-state index contributed by atoms with van der Waals surface area (Å²) in [6, 6.07) is 8.32. The number of H-pyrrole nitrogens is 1. The molecule has 1 fully saturated rings. The lowest BCUT2D eigenvalue weighted by Crippen LogP contribution is -2.64. The van der Waals surface area contributed by atoms with Crippen LogP contribution in [0.4, 0.5) is 0 Å². The minimum Gasteiger partial charge on any atom is -0.391 e. The van der Waals surface area contributed by atoms with E-state index in [0.717, 1.165) is 10.9 Å². The van der Waals surface area contributed by atoms with E-state index in [2.05, 4.69) is 47.5 Å². The van der Waals surface area contributed by atoms with Crippen LogP contribution in [0.2, 0.25) is 0 Å². The predicted octanol–water partition coefficient (Wildman–Crippen LogP) is -2.62. The van der Waals surface area contributed by atoms with E-state index in [1.807, 2.05) is 38.1 Å². The van der Waals surface area contributed by atoms with Gasteiger partial charge in [0.25, 0.3) is 0 Å². The fourth-order valence-electron chi connectivity index (χ4n) is 7.80. The lowest BCUT2D eigenvalue weighted by Gasteiger charge is -2.34. The van der Waals surface area contributed by atoms with Crippen LogP contribution in [0.15, 0.2) is 60.8 Å². The topological polar surface area (TPSA) is 347 Å². The predicted molar refractivity (Wildman–Crippen MR) is 250 cm³/mol. The van der Waals surface area contributed by atoms with Crippen LogP contribution >= 0.6 is 0 Å². The molecule has 16 N–H and O–H groups in total. The first kappa shape index (κ1) is 53.4. The van der Waals surface area contributed by atoms with Gasteiger partial charge in [0.1, 0.15) is 42.0 Å². The molecule has 366 valence electrons. The molecule has 0 saturated carbocycles. The van der Waals surface area contributed by atoms with Crippen molar-refractivity contribution in [1.29, 1.82) is 0 Å². The van der Waals surface area contributed by atoms with Gasteiger partial charge in [-0.2, -0.15) is 0 Å². The highest BCUT2D eigenvalue weighted by Crippen LogP contribution is 2.18. The minimum atomic E-state index is -1.69. The highest BCUT2D eigenvalue weighted by molar-refractivity contribution is 5.97. The van der Waals surface area contributed by atoms with E-state index in [1.54, 1.807) is 36.5 Å². The van der Waals surface area contributed by atoms with Crippen LogP contribution in [0.25, 0.3) is 10.9 Å². The van der Waals surface area contributed by atoms with Gasteiger partial charge in [0.15, 0.2) is 0 Å². The normalized spacial score (nSPS) is 24.9. The molecule has 67 heavy (non-hydrogen) atoms. The summed E-state index contributed by atoms with van der Waals surface area (Å²) in [5.74, 6) is -5.37. The van der Waals surface area contributed by atoms with Crippen LogP contribution in [-0.4, -0.2) is 138 Å². The van der Waals surface area contributed by atoms with Gasteiger partial charge in [-0.25, -0.2) is 0 Å². The molecular formula is C46H68N12O9. The number of fused-ring (bicyclic) bond motifs is 1. The monoisotopic (exact) mass is 933 g/mol. The highest BCUT2D eigenvalue weighted by atomic mass is 16.3. The first-order valence-corrected chi connectivity index (χ1v) is 22.7. The number of carbonyl (C=O) groups excluding carboxylic acids is 8. The van der Waals surface area contributed by atoms with Crippen LogP contribution in [0, 0.1) is 5.92 Å². The summed E-state index contributed by atoms with van der Waals surface area (Å²) in [5, 5.41) is 33.2. The lowest BCUT2D eigenvalue weighted by atomic mass is 9.94. The Labute approximate surface area is 390 Å². The molecule has 7 amide bonds. The Hall–Kier alpha value is -6.26. The second-order valence-electron chi connectivity index (χ2n) is 17.4. The van der Waals surface area contributed by atoms with Gasteiger partial charge in [-0.1, -0.05) is 62.4 Å². The van der Waals surface area contributed by atoms with E-state index in [4.69, 9.17) is 17.2 Å². The maximum atomic E-state index is 14.3. The second kappa shape index (κ2) is 26.2. The molecule has 0 spiro atoms. The van der Waals surface area contributed by atoms with E-state index in [0.29, 0.717) is 17.4 Å². The number of aromatic amines is 1. The van der Waals surface area contributed by atoms with Crippen molar-refractivity contribution in [2.24, 2.45) is 23.1 Å². The maximum absolute atomic E-state index is 14.3. The summed E-state index contributed by atoms with van der Waals surface area (Å²) in [7, 11) is 0. The molecule has 4 rings (SSSR count). The maximum Gasteiger partial charge on any atom is 0.245 e. The molecule has 0 radical (unpaired) electrons. The quantitative estimate of drug-likeness (QED) is 0.0696. The number of aromatic nitrogens is 1. The van der Waals surface area contributed by atoms with Crippen molar-refractivity contribution >= 4 is 58.5 Å². The van der Waals surface area contributed by atoms with Crippen molar-refractivity contribution in [3.63, 3.8) is 0 Å². The minimum absolute atomic E-state index is 0.00619. The summed E-state index contributed by atoms with van der Waals surface area (Å²) < 4.78 is 0. The van der Waals surface area contributed by atoms with Gasteiger partial charge in [-0.05, 0) is 81.8 Å². The van der Waals surface area contributed by atoms with Gasteiger partial charge < -0.3 is 74.6 Å². The number of benzene rings is 2. The van der Waals surface area contributed by atoms with Crippen molar-refractivity contribution in [1.82, 2.24) is 47.5 Å². The zero-order valence-electron chi connectivity index (χ0n) is 38.4. The van der Waals surface area contributed by atoms with Gasteiger partial charge in [0.2, 0.25) is 41.4 Å². The zero-order valence-corrected chi connectivity index (χ0v) is 38.4. The molecule has 3 aromatic rings. The van der Waals surface area contributed by atoms with E-state index in [1.165, 1.54) is 6.92 Å². The molecule has 1 saturated heterocycles. The van der Waals surface area contributed by atoms with Crippen molar-refractivity contribution in [2.45, 2.75) is 114 Å². The van der Waals surface area contributed by atoms with Crippen LogP contribution in [-0.2, 0) is 51.2 Å². The van der Waals surface area contributed by atoms with Gasteiger partial charge in [0.05, 0.1) is 18.6 Å². The van der Waals surface area contributed by atoms with E-state index in [9.17, 15) is 43.5 Å². The summed E-state index contributed by atoms with van der Waals surface area (Å²) in [5.41, 5.74) is 18.2. The van der Waals surface area contributed by atoms with Crippen LogP contribution in [0.5, 0.6) is 0 Å². The van der Waals surface area contributed by atoms with Gasteiger partial charge in [-0.3, -0.25) is 33.6 Å². The number of nitrogens with two attached hydrogens (primary N) is 3. The van der Waals surface area contributed by atoms with Gasteiger partial charge in [0, 0.05) is 36.6 Å². The number of carbonyl (C=O) groups is 8. The molecule has 0 unspecified atom stereocenters. The smallest absolute Gasteiger partial charge is 0.245 e. The molecule has 2 aromatic carbocycles. The van der Waals surface area contributed by atoms with E-state index < -0.39 is 89.2 Å². The molecule has 1 aliphatic heterocycles. The second-order valence-corrected chi connectivity index (χ2v) is 17.4. The first-order chi connectivity index (χ1) is 32.0. The molecule has 21 heteroatoms. The average molecular weight is 933 g/mol. The number of hydrogen-bond donors (Lipinski definition) is 13. The average Bonchev–Trinajstić information content (AvgIpc) is 3.70. The molecule has 2 heterocycles. The van der Waals surface area contributed by atoms with Crippen molar-refractivity contribution in [2.75, 3.05) is 32.7 Å². The molecule has 8 atom stereocenters. The third kappa shape index (κ3) is 16.0. The number of aliphatic hydroxyl groups excluding tert-OH is 1. The molecule has 0 bridgehead atoms. The number of nitrogens with one attached hydrogen (secondary N) is 9. The van der Waals surface area contributed by atoms with Crippen LogP contribution in [0.3, 0.4) is 0 Å². The SMILES string of the molecule is CC(C)C[C@@H]1NC(=O)[C@@H](Cc2ccccc2)NC(=O)[C@H](CCN)NC(=O)[C@@H](NC(=O)Cc2c[nH]c3ccccc23)CCNC(=O)[C@H]([C@@H](C)O)NC(=O)[C@H](CCN)NC[C@@](C=O)(CCN)NC1=O. The number of hydrogen-bond acceptors (Lipinski definition) is 13. The summed E-state index contributed by atoms with van der Waals surface area (Å²) in [6.45, 7) is 4.21. The number of aliphatic hydroxyl groups is 1. The zero-order chi connectivity index (χ0) is 49.1. The molecule has 1 aliphatic rings. The Balaban J connectivity index is 1.75. The Morgan fingerprint density at radius 1 is 0.776 bits per heavy atom. The Kier molecular flexibility index (Phi) is 20.8. The van der Waals surface area contributed by atoms with Crippen molar-refractivity contribution in [3.05, 3.63) is 71.9 Å². The van der Waals surface area contributed by atoms with Crippen LogP contribution < -0.4 is 59.7 Å². The lowest BCUT2D eigenvalue weighted by molar-refractivity contribution is -0.135. The Bertz CT molecular complexity index is 2150. The number of amides is 7. The third-order valence-electron chi connectivity index (χ3n) is 11.4. The standard InChI is InChI=1S/C46H68N12O9/c1-27(2)21-36-44(66)58-46(26-59,16-19-49)25-52-33(13-17-47)40(62)57-39(28(3)60)45(67)50-20-15-35(53-38(61)23-30-24-51-32-12-8-7-11-31(30)32)42(64)54-34(14-18-48)41(63)56-37(43(65)55-36)22-29-9-5-4-6-10-29/h4-12,24,26-28,33-37,39,51-52,60H,13-23,25,47-49H2,1-3H3,(H,50,67)(H,53,61)(H,54,64)(H,55,65)(H,56,63)(H,57,62)(H,58,66)/t28-,33+,34+,35+,36+,37-,39+,46-/m1/s1. The largest absolute Gasteiger partial charge is 0.391 e. The molecular weight excluding hydrogens is 865 g/mol. The molecule has 0 aliphatic carbocycles. The van der Waals surface area contributed by atoms with E-state index in [-0.39, 0.29) is 83.6 Å². The summed E-state index contributed by atoms with van der Waals surface area (Å²) >= 11 is 0. The molecule has 21 nitrogen and oxygen atoms in total. The number of para-hydroxylation sites is 1. The molecule has 1 aromatic heterocycles. The summed E-state index contributed by atoms with van der Waals surface area (Å²) in [6.07, 6.45) is 0.315.